The van der Waals surface area contributed by atoms with E-state index in [1.807, 2.05) is 11.7 Å². The zero-order chi connectivity index (χ0) is 15.1. The molecule has 0 unspecified atom stereocenters. The zero-order valence-electron chi connectivity index (χ0n) is 13.9. The fraction of sp³-hybridized carbons (Fsp3) is 0.812. The molecule has 0 radical (unpaired) electrons. The van der Waals surface area contributed by atoms with Gasteiger partial charge in [0.05, 0.1) is 11.4 Å². The Hall–Kier alpha value is -1.19. The minimum Gasteiger partial charge on any atom is -0.394 e. The molecular weight excluding hydrogens is 248 g/mol. The SMILES string of the molecule is CC(C)c1nn(C)c(N(C)C2CCC(C)(C)CC2)c1N. The summed E-state index contributed by atoms with van der Waals surface area (Å²) in [6.45, 7) is 9.04. The minimum absolute atomic E-state index is 0.369. The highest BCUT2D eigenvalue weighted by Gasteiger charge is 2.31. The molecule has 4 heteroatoms. The lowest BCUT2D eigenvalue weighted by Gasteiger charge is -2.39. The maximum absolute atomic E-state index is 6.34. The molecule has 2 rings (SSSR count). The molecule has 1 aromatic heterocycles. The fourth-order valence-corrected chi connectivity index (χ4v) is 3.34. The Morgan fingerprint density at radius 2 is 1.85 bits per heavy atom. The van der Waals surface area contributed by atoms with Crippen molar-refractivity contribution in [1.82, 2.24) is 9.78 Å². The van der Waals surface area contributed by atoms with Crippen molar-refractivity contribution in [2.24, 2.45) is 12.5 Å². The van der Waals surface area contributed by atoms with Crippen LogP contribution in [0.15, 0.2) is 0 Å². The van der Waals surface area contributed by atoms with Crippen molar-refractivity contribution in [2.45, 2.75) is 65.3 Å². The lowest BCUT2D eigenvalue weighted by atomic mass is 9.75. The van der Waals surface area contributed by atoms with Crippen LogP contribution in [0.2, 0.25) is 0 Å². The molecule has 0 spiro atoms. The number of aryl methyl sites for hydroxylation is 1. The Morgan fingerprint density at radius 3 is 2.30 bits per heavy atom. The highest BCUT2D eigenvalue weighted by molar-refractivity contribution is 5.67. The zero-order valence-corrected chi connectivity index (χ0v) is 13.9. The smallest absolute Gasteiger partial charge is 0.150 e. The van der Waals surface area contributed by atoms with Gasteiger partial charge in [0, 0.05) is 20.1 Å². The van der Waals surface area contributed by atoms with Crippen molar-refractivity contribution in [3.8, 4) is 0 Å². The topological polar surface area (TPSA) is 47.1 Å². The summed E-state index contributed by atoms with van der Waals surface area (Å²) in [6.07, 6.45) is 5.06. The van der Waals surface area contributed by atoms with Gasteiger partial charge in [0.1, 0.15) is 5.82 Å². The molecule has 0 aromatic carbocycles. The quantitative estimate of drug-likeness (QED) is 0.920. The largest absolute Gasteiger partial charge is 0.394 e. The summed E-state index contributed by atoms with van der Waals surface area (Å²) in [4.78, 5) is 2.35. The number of rotatable bonds is 3. The summed E-state index contributed by atoms with van der Waals surface area (Å²) >= 11 is 0. The van der Waals surface area contributed by atoms with E-state index in [-0.39, 0.29) is 0 Å². The molecule has 0 amide bonds. The second-order valence-electron chi connectivity index (χ2n) is 7.41. The Balaban J connectivity index is 2.20. The van der Waals surface area contributed by atoms with E-state index >= 15 is 0 Å². The molecular formula is C16H30N4. The van der Waals surface area contributed by atoms with Gasteiger partial charge >= 0.3 is 0 Å². The van der Waals surface area contributed by atoms with Crippen LogP contribution in [0.5, 0.6) is 0 Å². The summed E-state index contributed by atoms with van der Waals surface area (Å²) in [7, 11) is 4.17. The Labute approximate surface area is 123 Å². The first-order chi connectivity index (χ1) is 9.23. The molecule has 1 aliphatic carbocycles. The summed E-state index contributed by atoms with van der Waals surface area (Å²) in [6, 6.07) is 0.584. The molecule has 0 saturated heterocycles. The van der Waals surface area contributed by atoms with Crippen LogP contribution in [0.1, 0.15) is 65.0 Å². The molecule has 1 saturated carbocycles. The molecule has 20 heavy (non-hydrogen) atoms. The molecule has 1 fully saturated rings. The third-order valence-corrected chi connectivity index (χ3v) is 4.82. The van der Waals surface area contributed by atoms with Gasteiger partial charge in [-0.25, -0.2) is 0 Å². The number of nitrogens with two attached hydrogens (primary N) is 1. The van der Waals surface area contributed by atoms with E-state index in [1.165, 1.54) is 25.7 Å². The highest BCUT2D eigenvalue weighted by Crippen LogP contribution is 2.39. The molecule has 114 valence electrons. The van der Waals surface area contributed by atoms with Crippen LogP contribution in [0.3, 0.4) is 0 Å². The maximum atomic E-state index is 6.34. The maximum Gasteiger partial charge on any atom is 0.150 e. The van der Waals surface area contributed by atoms with Gasteiger partial charge in [-0.1, -0.05) is 27.7 Å². The highest BCUT2D eigenvalue weighted by atomic mass is 15.4. The third kappa shape index (κ3) is 2.79. The summed E-state index contributed by atoms with van der Waals surface area (Å²) < 4.78 is 1.95. The second kappa shape index (κ2) is 5.30. The van der Waals surface area contributed by atoms with E-state index in [2.05, 4.69) is 44.7 Å². The van der Waals surface area contributed by atoms with Gasteiger partial charge in [0.2, 0.25) is 0 Å². The van der Waals surface area contributed by atoms with Crippen molar-refractivity contribution in [3.05, 3.63) is 5.69 Å². The molecule has 1 aromatic rings. The van der Waals surface area contributed by atoms with Crippen LogP contribution in [0.25, 0.3) is 0 Å². The molecule has 4 nitrogen and oxygen atoms in total. The van der Waals surface area contributed by atoms with Crippen LogP contribution in [0, 0.1) is 5.41 Å². The first-order valence-corrected chi connectivity index (χ1v) is 7.78. The van der Waals surface area contributed by atoms with Crippen molar-refractivity contribution in [2.75, 3.05) is 17.7 Å². The normalized spacial score (nSPS) is 19.6. The van der Waals surface area contributed by atoms with Crippen LogP contribution in [-0.4, -0.2) is 22.9 Å². The van der Waals surface area contributed by atoms with Crippen LogP contribution in [0.4, 0.5) is 11.5 Å². The molecule has 1 heterocycles. The molecule has 0 aliphatic heterocycles. The average molecular weight is 278 g/mol. The Kier molecular flexibility index (Phi) is 4.03. The van der Waals surface area contributed by atoms with E-state index < -0.39 is 0 Å². The van der Waals surface area contributed by atoms with Gasteiger partial charge in [0.25, 0.3) is 0 Å². The minimum atomic E-state index is 0.369. The van der Waals surface area contributed by atoms with Gasteiger partial charge in [-0.05, 0) is 37.0 Å². The van der Waals surface area contributed by atoms with E-state index in [1.54, 1.807) is 0 Å². The van der Waals surface area contributed by atoms with Gasteiger partial charge in [-0.3, -0.25) is 4.68 Å². The standard InChI is InChI=1S/C16H30N4/c1-11(2)14-13(17)15(20(6)18-14)19(5)12-7-9-16(3,4)10-8-12/h11-12H,7-10,17H2,1-6H3. The number of nitrogens with zero attached hydrogens (tertiary/aromatic N) is 3. The summed E-state index contributed by atoms with van der Waals surface area (Å²) in [5.41, 5.74) is 8.71. The summed E-state index contributed by atoms with van der Waals surface area (Å²) in [5, 5.41) is 4.60. The first kappa shape index (κ1) is 15.2. The van der Waals surface area contributed by atoms with Crippen molar-refractivity contribution in [3.63, 3.8) is 0 Å². The van der Waals surface area contributed by atoms with Gasteiger partial charge in [-0.2, -0.15) is 5.10 Å². The van der Waals surface area contributed by atoms with Crippen LogP contribution >= 0.6 is 0 Å². The molecule has 0 bridgehead atoms. The van der Waals surface area contributed by atoms with E-state index in [4.69, 9.17) is 5.73 Å². The van der Waals surface area contributed by atoms with Crippen molar-refractivity contribution in [1.29, 1.82) is 0 Å². The monoisotopic (exact) mass is 278 g/mol. The predicted octanol–water partition coefficient (Wildman–Crippen LogP) is 3.53. The Bertz CT molecular complexity index is 463. The lowest BCUT2D eigenvalue weighted by Crippen LogP contribution is -2.38. The van der Waals surface area contributed by atoms with Gasteiger partial charge in [-0.15, -0.1) is 0 Å². The number of hydrogen-bond donors (Lipinski definition) is 1. The summed E-state index contributed by atoms with van der Waals surface area (Å²) in [5.74, 6) is 1.45. The Morgan fingerprint density at radius 1 is 1.30 bits per heavy atom. The average Bonchev–Trinajstić information content (AvgIpc) is 2.64. The number of nitrogen functional groups attached to an aromatic ring is 1. The van der Waals surface area contributed by atoms with Crippen LogP contribution < -0.4 is 10.6 Å². The van der Waals surface area contributed by atoms with Crippen molar-refractivity contribution >= 4 is 11.5 Å². The van der Waals surface area contributed by atoms with Crippen LogP contribution in [-0.2, 0) is 7.05 Å². The first-order valence-electron chi connectivity index (χ1n) is 7.78. The van der Waals surface area contributed by atoms with Crippen molar-refractivity contribution < 1.29 is 0 Å². The van der Waals surface area contributed by atoms with E-state index in [0.717, 1.165) is 17.2 Å². The second-order valence-corrected chi connectivity index (χ2v) is 7.41. The van der Waals surface area contributed by atoms with E-state index in [9.17, 15) is 0 Å². The predicted molar refractivity (Wildman–Crippen MR) is 86.1 cm³/mol. The third-order valence-electron chi connectivity index (χ3n) is 4.82. The lowest BCUT2D eigenvalue weighted by molar-refractivity contribution is 0.222. The van der Waals surface area contributed by atoms with E-state index in [0.29, 0.717) is 17.4 Å². The fourth-order valence-electron chi connectivity index (χ4n) is 3.34. The number of anilines is 2. The molecule has 1 aliphatic rings. The molecule has 2 N–H and O–H groups in total. The van der Waals surface area contributed by atoms with Gasteiger partial charge in [0.15, 0.2) is 0 Å². The number of aromatic nitrogens is 2. The number of hydrogen-bond acceptors (Lipinski definition) is 3. The molecule has 0 atom stereocenters. The van der Waals surface area contributed by atoms with Gasteiger partial charge < -0.3 is 10.6 Å².